The Morgan fingerprint density at radius 2 is 1.97 bits per heavy atom. The average molecular weight is 447 g/mol. The fourth-order valence-corrected chi connectivity index (χ4v) is 4.94. The molecule has 5 rings (SSSR count). The molecule has 2 aliphatic rings. The molecule has 0 atom stereocenters. The Balaban J connectivity index is 1.21. The average Bonchev–Trinajstić information content (AvgIpc) is 3.10. The molecule has 162 valence electrons. The summed E-state index contributed by atoms with van der Waals surface area (Å²) in [6, 6.07) is 4.87. The van der Waals surface area contributed by atoms with Crippen LogP contribution in [0.15, 0.2) is 36.8 Å². The molecule has 0 aromatic carbocycles. The minimum absolute atomic E-state index is 0.0150. The number of H-pyrrole nitrogens is 1. The third kappa shape index (κ3) is 3.89. The normalized spacial score (nSPS) is 19.3. The lowest BCUT2D eigenvalue weighted by molar-refractivity contribution is -0.168. The Hall–Kier alpha value is -2.94. The predicted molar refractivity (Wildman–Crippen MR) is 116 cm³/mol. The highest BCUT2D eigenvalue weighted by atomic mass is 35.5. The maximum Gasteiger partial charge on any atom is 0.323 e. The lowest BCUT2D eigenvalue weighted by Crippen LogP contribution is -2.52. The first-order chi connectivity index (χ1) is 14.8. The minimum atomic E-state index is -2.51. The van der Waals surface area contributed by atoms with Crippen LogP contribution in [0.4, 0.5) is 30.8 Å². The van der Waals surface area contributed by atoms with Gasteiger partial charge in [-0.05, 0) is 36.5 Å². The number of alkyl halides is 2. The monoisotopic (exact) mass is 446 g/mol. The van der Waals surface area contributed by atoms with Gasteiger partial charge in [-0.2, -0.15) is 0 Å². The number of aromatic amines is 1. The van der Waals surface area contributed by atoms with Crippen LogP contribution in [0.1, 0.15) is 25.7 Å². The molecule has 1 saturated heterocycles. The van der Waals surface area contributed by atoms with Crippen LogP contribution in [0.5, 0.6) is 0 Å². The molecular formula is C21H21ClF2N6O. The van der Waals surface area contributed by atoms with Crippen molar-refractivity contribution in [2.45, 2.75) is 31.6 Å². The number of halogens is 3. The zero-order valence-electron chi connectivity index (χ0n) is 16.6. The second-order valence-electron chi connectivity index (χ2n) is 8.41. The molecule has 2 amide bonds. The minimum Gasteiger partial charge on any atom is -0.358 e. The number of pyridine rings is 2. The van der Waals surface area contributed by atoms with E-state index in [-0.39, 0.29) is 18.3 Å². The van der Waals surface area contributed by atoms with Gasteiger partial charge < -0.3 is 20.5 Å². The van der Waals surface area contributed by atoms with Crippen LogP contribution in [-0.2, 0) is 0 Å². The van der Waals surface area contributed by atoms with Gasteiger partial charge in [0, 0.05) is 38.3 Å². The molecule has 1 aliphatic heterocycles. The zero-order valence-corrected chi connectivity index (χ0v) is 17.3. The van der Waals surface area contributed by atoms with E-state index in [1.807, 2.05) is 17.0 Å². The highest BCUT2D eigenvalue weighted by Gasteiger charge is 2.56. The number of hydrogen-bond donors (Lipinski definition) is 3. The van der Waals surface area contributed by atoms with Gasteiger partial charge in [0.05, 0.1) is 28.1 Å². The van der Waals surface area contributed by atoms with Crippen molar-refractivity contribution >= 4 is 45.9 Å². The molecule has 3 aromatic rings. The molecule has 2 fully saturated rings. The molecule has 0 unspecified atom stereocenters. The number of nitrogens with one attached hydrogen (secondary N) is 3. The molecular weight excluding hydrogens is 426 g/mol. The van der Waals surface area contributed by atoms with E-state index in [4.69, 9.17) is 11.6 Å². The number of amides is 2. The van der Waals surface area contributed by atoms with Crippen molar-refractivity contribution in [3.05, 3.63) is 41.8 Å². The lowest BCUT2D eigenvalue weighted by atomic mass is 9.61. The molecule has 7 nitrogen and oxygen atoms in total. The van der Waals surface area contributed by atoms with Crippen molar-refractivity contribution in [1.82, 2.24) is 15.0 Å². The van der Waals surface area contributed by atoms with Crippen molar-refractivity contribution in [1.29, 1.82) is 0 Å². The summed E-state index contributed by atoms with van der Waals surface area (Å²) in [5.74, 6) is -1.90. The molecule has 0 bridgehead atoms. The summed E-state index contributed by atoms with van der Waals surface area (Å²) >= 11 is 6.42. The molecule has 3 N–H and O–H groups in total. The van der Waals surface area contributed by atoms with Crippen LogP contribution >= 0.6 is 11.6 Å². The first-order valence-electron chi connectivity index (χ1n) is 10.1. The summed E-state index contributed by atoms with van der Waals surface area (Å²) in [7, 11) is 0. The van der Waals surface area contributed by atoms with Gasteiger partial charge in [-0.1, -0.05) is 11.6 Å². The first kappa shape index (κ1) is 20.0. The van der Waals surface area contributed by atoms with E-state index in [2.05, 4.69) is 25.6 Å². The maximum atomic E-state index is 13.3. The molecule has 1 saturated carbocycles. The molecule has 0 radical (unpaired) electrons. The van der Waals surface area contributed by atoms with Crippen molar-refractivity contribution in [3.63, 3.8) is 0 Å². The molecule has 10 heteroatoms. The number of rotatable bonds is 3. The van der Waals surface area contributed by atoms with Gasteiger partial charge in [-0.25, -0.2) is 18.6 Å². The Morgan fingerprint density at radius 1 is 1.19 bits per heavy atom. The van der Waals surface area contributed by atoms with E-state index < -0.39 is 12.0 Å². The summed E-state index contributed by atoms with van der Waals surface area (Å²) in [5.41, 5.74) is 2.26. The number of piperidine rings is 1. The van der Waals surface area contributed by atoms with Crippen molar-refractivity contribution in [3.8, 4) is 0 Å². The molecule has 1 aliphatic carbocycles. The van der Waals surface area contributed by atoms with Crippen molar-refractivity contribution < 1.29 is 13.6 Å². The van der Waals surface area contributed by atoms with Crippen LogP contribution in [0.2, 0.25) is 5.02 Å². The quantitative estimate of drug-likeness (QED) is 0.511. The lowest BCUT2D eigenvalue weighted by Gasteiger charge is -2.52. The molecule has 31 heavy (non-hydrogen) atoms. The number of anilines is 3. The second-order valence-corrected chi connectivity index (χ2v) is 8.81. The first-order valence-corrected chi connectivity index (χ1v) is 10.5. The van der Waals surface area contributed by atoms with Crippen LogP contribution in [0.25, 0.3) is 11.0 Å². The van der Waals surface area contributed by atoms with Crippen molar-refractivity contribution in [2.24, 2.45) is 5.41 Å². The fourth-order valence-electron chi connectivity index (χ4n) is 4.66. The number of nitrogens with zero attached hydrogens (tertiary/aromatic N) is 3. The number of carbonyl (C=O) groups excluding carboxylic acids is 1. The summed E-state index contributed by atoms with van der Waals surface area (Å²) in [6.07, 6.45) is 6.25. The predicted octanol–water partition coefficient (Wildman–Crippen LogP) is 5.27. The smallest absolute Gasteiger partial charge is 0.323 e. The second kappa shape index (κ2) is 7.33. The van der Waals surface area contributed by atoms with E-state index in [0.717, 1.165) is 5.52 Å². The van der Waals surface area contributed by atoms with Crippen LogP contribution in [0, 0.1) is 5.41 Å². The SMILES string of the molecule is O=C(Nc1cnc(N2CCC3(CC2)CC(F)(F)C3)c(Cl)c1)Nc1c[nH]c2cccnc12. The maximum absolute atomic E-state index is 13.3. The van der Waals surface area contributed by atoms with E-state index in [1.165, 1.54) is 6.20 Å². The van der Waals surface area contributed by atoms with Gasteiger partial charge in [0.2, 0.25) is 5.92 Å². The zero-order chi connectivity index (χ0) is 21.6. The van der Waals surface area contributed by atoms with E-state index >= 15 is 0 Å². The number of hydrogen-bond acceptors (Lipinski definition) is 4. The summed E-state index contributed by atoms with van der Waals surface area (Å²) in [5, 5.41) is 5.87. The number of urea groups is 1. The topological polar surface area (TPSA) is 85.9 Å². The third-order valence-corrected chi connectivity index (χ3v) is 6.43. The Labute approximate surface area is 182 Å². The van der Waals surface area contributed by atoms with Crippen LogP contribution < -0.4 is 15.5 Å². The molecule has 1 spiro atoms. The standard InChI is InChI=1S/C21H21ClF2N6O/c22-14-8-13(28-19(31)29-16-10-26-15-2-1-5-25-17(15)16)9-27-18(14)30-6-3-20(4-7-30)11-21(23,24)12-20/h1-2,5,8-10,26H,3-4,6-7,11-12H2,(H2,28,29,31). The van der Waals surface area contributed by atoms with E-state index in [1.54, 1.807) is 18.5 Å². The van der Waals surface area contributed by atoms with Gasteiger partial charge in [-0.15, -0.1) is 0 Å². The Bertz CT molecular complexity index is 1130. The van der Waals surface area contributed by atoms with Crippen molar-refractivity contribution in [2.75, 3.05) is 28.6 Å². The number of fused-ring (bicyclic) bond motifs is 1. The van der Waals surface area contributed by atoms with Gasteiger partial charge in [0.15, 0.2) is 0 Å². The van der Waals surface area contributed by atoms with Gasteiger partial charge >= 0.3 is 6.03 Å². The van der Waals surface area contributed by atoms with Gasteiger partial charge in [-0.3, -0.25) is 4.98 Å². The fraction of sp³-hybridized carbons (Fsp3) is 0.381. The Morgan fingerprint density at radius 3 is 2.68 bits per heavy atom. The highest BCUT2D eigenvalue weighted by molar-refractivity contribution is 6.33. The number of carbonyl (C=O) groups is 1. The molecule has 4 heterocycles. The Kier molecular flexibility index (Phi) is 4.73. The highest BCUT2D eigenvalue weighted by Crippen LogP contribution is 2.57. The third-order valence-electron chi connectivity index (χ3n) is 6.15. The number of aromatic nitrogens is 3. The summed E-state index contributed by atoms with van der Waals surface area (Å²) in [6.45, 7) is 1.28. The van der Waals surface area contributed by atoms with Gasteiger partial charge in [0.25, 0.3) is 0 Å². The molecule has 3 aromatic heterocycles. The van der Waals surface area contributed by atoms with Crippen LogP contribution in [-0.4, -0.2) is 40.0 Å². The summed E-state index contributed by atoms with van der Waals surface area (Å²) < 4.78 is 26.6. The van der Waals surface area contributed by atoms with Gasteiger partial charge in [0.1, 0.15) is 11.3 Å². The largest absolute Gasteiger partial charge is 0.358 e. The van der Waals surface area contributed by atoms with E-state index in [0.29, 0.717) is 53.7 Å². The summed E-state index contributed by atoms with van der Waals surface area (Å²) in [4.78, 5) is 26.1. The van der Waals surface area contributed by atoms with E-state index in [9.17, 15) is 13.6 Å². The van der Waals surface area contributed by atoms with Crippen LogP contribution in [0.3, 0.4) is 0 Å².